The molecular formula is C16H19NO2S2. The lowest BCUT2D eigenvalue weighted by Gasteiger charge is -2.02. The van der Waals surface area contributed by atoms with Crippen LogP contribution < -0.4 is 0 Å². The highest BCUT2D eigenvalue weighted by Gasteiger charge is 2.07. The average molecular weight is 321 g/mol. The molecule has 0 unspecified atom stereocenters. The van der Waals surface area contributed by atoms with Crippen molar-refractivity contribution < 1.29 is 9.90 Å². The van der Waals surface area contributed by atoms with Gasteiger partial charge in [0, 0.05) is 16.7 Å². The quantitative estimate of drug-likeness (QED) is 0.729. The van der Waals surface area contributed by atoms with Gasteiger partial charge >= 0.3 is 5.97 Å². The first-order chi connectivity index (χ1) is 10.2. The maximum Gasteiger partial charge on any atom is 0.309 e. The van der Waals surface area contributed by atoms with Crippen LogP contribution in [0.1, 0.15) is 31.0 Å². The summed E-state index contributed by atoms with van der Waals surface area (Å²) in [6, 6.07) is 8.40. The highest BCUT2D eigenvalue weighted by Crippen LogP contribution is 2.25. The van der Waals surface area contributed by atoms with Crippen LogP contribution in [0.3, 0.4) is 0 Å². The number of aliphatic carboxylic acids is 1. The van der Waals surface area contributed by atoms with E-state index in [9.17, 15) is 4.79 Å². The molecule has 1 heterocycles. The summed E-state index contributed by atoms with van der Waals surface area (Å²) in [7, 11) is 0. The molecular weight excluding hydrogens is 302 g/mol. The molecule has 0 amide bonds. The molecule has 0 aliphatic rings. The summed E-state index contributed by atoms with van der Waals surface area (Å²) in [5, 5.41) is 11.5. The number of hydrogen-bond acceptors (Lipinski definition) is 4. The summed E-state index contributed by atoms with van der Waals surface area (Å²) in [4.78, 5) is 15.0. The molecule has 0 aliphatic heterocycles. The Hall–Kier alpha value is -1.33. The van der Waals surface area contributed by atoms with Gasteiger partial charge < -0.3 is 5.11 Å². The zero-order valence-electron chi connectivity index (χ0n) is 12.0. The van der Waals surface area contributed by atoms with Gasteiger partial charge in [-0.3, -0.25) is 4.79 Å². The van der Waals surface area contributed by atoms with E-state index in [1.165, 1.54) is 35.5 Å². The maximum absolute atomic E-state index is 10.7. The molecule has 1 N–H and O–H groups in total. The third-order valence-electron chi connectivity index (χ3n) is 3.00. The molecule has 2 rings (SSSR count). The fourth-order valence-corrected chi connectivity index (χ4v) is 3.75. The van der Waals surface area contributed by atoms with Crippen molar-refractivity contribution in [2.45, 2.75) is 31.9 Å². The van der Waals surface area contributed by atoms with Gasteiger partial charge in [0.25, 0.3) is 0 Å². The summed E-state index contributed by atoms with van der Waals surface area (Å²) in [6.07, 6.45) is 2.51. The van der Waals surface area contributed by atoms with E-state index in [1.54, 1.807) is 0 Å². The lowest BCUT2D eigenvalue weighted by Crippen LogP contribution is -1.99. The van der Waals surface area contributed by atoms with E-state index in [0.717, 1.165) is 16.3 Å². The van der Waals surface area contributed by atoms with Crippen molar-refractivity contribution in [3.8, 4) is 10.6 Å². The Morgan fingerprint density at radius 2 is 2.10 bits per heavy atom. The predicted octanol–water partition coefficient (Wildman–Crippen LogP) is 4.47. The Morgan fingerprint density at radius 3 is 2.76 bits per heavy atom. The number of thiazole rings is 1. The van der Waals surface area contributed by atoms with Crippen LogP contribution in [0.5, 0.6) is 0 Å². The third kappa shape index (κ3) is 5.17. The summed E-state index contributed by atoms with van der Waals surface area (Å²) in [5.41, 5.74) is 3.00. The van der Waals surface area contributed by atoms with Crippen LogP contribution in [0.4, 0.5) is 0 Å². The van der Waals surface area contributed by atoms with Crippen LogP contribution in [-0.2, 0) is 17.0 Å². The van der Waals surface area contributed by atoms with Gasteiger partial charge in [0.15, 0.2) is 0 Å². The van der Waals surface area contributed by atoms with Gasteiger partial charge in [0.05, 0.1) is 12.1 Å². The van der Waals surface area contributed by atoms with Crippen molar-refractivity contribution in [3.05, 3.63) is 40.9 Å². The molecule has 112 valence electrons. The highest BCUT2D eigenvalue weighted by molar-refractivity contribution is 7.98. The molecule has 0 aliphatic carbocycles. The van der Waals surface area contributed by atoms with Crippen molar-refractivity contribution in [2.75, 3.05) is 5.75 Å². The molecule has 21 heavy (non-hydrogen) atoms. The minimum atomic E-state index is -0.841. The van der Waals surface area contributed by atoms with Crippen molar-refractivity contribution >= 4 is 29.1 Å². The van der Waals surface area contributed by atoms with Crippen LogP contribution in [0.25, 0.3) is 10.6 Å². The molecule has 0 radical (unpaired) electrons. The number of nitrogens with zero attached hydrogens (tertiary/aromatic N) is 1. The maximum atomic E-state index is 10.7. The predicted molar refractivity (Wildman–Crippen MR) is 90.0 cm³/mol. The van der Waals surface area contributed by atoms with Crippen LogP contribution in [0.2, 0.25) is 0 Å². The number of carboxylic acids is 1. The van der Waals surface area contributed by atoms with Crippen molar-refractivity contribution in [3.63, 3.8) is 0 Å². The van der Waals surface area contributed by atoms with E-state index in [-0.39, 0.29) is 6.42 Å². The Labute approximate surface area is 133 Å². The smallest absolute Gasteiger partial charge is 0.309 e. The van der Waals surface area contributed by atoms with E-state index >= 15 is 0 Å². The second kappa shape index (κ2) is 8.20. The fraction of sp³-hybridized carbons (Fsp3) is 0.375. The topological polar surface area (TPSA) is 50.2 Å². The summed E-state index contributed by atoms with van der Waals surface area (Å²) >= 11 is 3.46. The van der Waals surface area contributed by atoms with Crippen LogP contribution >= 0.6 is 23.1 Å². The number of rotatable bonds is 8. The van der Waals surface area contributed by atoms with Gasteiger partial charge in [-0.15, -0.1) is 11.3 Å². The number of benzene rings is 1. The number of unbranched alkanes of at least 4 members (excludes halogenated alkanes) is 1. The highest BCUT2D eigenvalue weighted by atomic mass is 32.2. The largest absolute Gasteiger partial charge is 0.481 e. The zero-order chi connectivity index (χ0) is 15.1. The molecule has 2 aromatic rings. The average Bonchev–Trinajstić information content (AvgIpc) is 2.92. The van der Waals surface area contributed by atoms with E-state index < -0.39 is 5.97 Å². The summed E-state index contributed by atoms with van der Waals surface area (Å²) in [5.74, 6) is 1.41. The molecule has 0 atom stereocenters. The molecule has 0 saturated heterocycles. The van der Waals surface area contributed by atoms with Crippen molar-refractivity contribution in [2.24, 2.45) is 0 Å². The van der Waals surface area contributed by atoms with Gasteiger partial charge in [0.1, 0.15) is 5.01 Å². The number of carboxylic acid groups (broad SMARTS) is 1. The second-order valence-corrected chi connectivity index (χ2v) is 6.78. The Balaban J connectivity index is 1.95. The molecule has 1 aromatic heterocycles. The monoisotopic (exact) mass is 321 g/mol. The van der Waals surface area contributed by atoms with E-state index in [1.807, 2.05) is 17.1 Å². The number of hydrogen-bond donors (Lipinski definition) is 1. The minimum Gasteiger partial charge on any atom is -0.481 e. The Bertz CT molecular complexity index is 578. The molecule has 3 nitrogen and oxygen atoms in total. The SMILES string of the molecule is CCCCSCc1ccc(-c2nc(CC(=O)O)cs2)cc1. The normalized spacial score (nSPS) is 10.7. The van der Waals surface area contributed by atoms with Gasteiger partial charge in [-0.2, -0.15) is 11.8 Å². The standard InChI is InChI=1S/C16H19NO2S2/c1-2-3-8-20-10-12-4-6-13(7-5-12)16-17-14(11-21-16)9-15(18)19/h4-7,11H,2-3,8-10H2,1H3,(H,18,19). The van der Waals surface area contributed by atoms with Crippen molar-refractivity contribution in [1.82, 2.24) is 4.98 Å². The van der Waals surface area contributed by atoms with Gasteiger partial charge in [0.2, 0.25) is 0 Å². The van der Waals surface area contributed by atoms with E-state index in [4.69, 9.17) is 5.11 Å². The second-order valence-electron chi connectivity index (χ2n) is 4.82. The molecule has 0 spiro atoms. The first-order valence-electron chi connectivity index (χ1n) is 7.02. The first kappa shape index (κ1) is 16.0. The lowest BCUT2D eigenvalue weighted by atomic mass is 10.1. The van der Waals surface area contributed by atoms with Crippen LogP contribution in [-0.4, -0.2) is 21.8 Å². The van der Waals surface area contributed by atoms with Gasteiger partial charge in [-0.05, 0) is 17.7 Å². The van der Waals surface area contributed by atoms with Crippen LogP contribution in [0, 0.1) is 0 Å². The van der Waals surface area contributed by atoms with Gasteiger partial charge in [-0.1, -0.05) is 37.6 Å². The van der Waals surface area contributed by atoms with E-state index in [0.29, 0.717) is 5.69 Å². The van der Waals surface area contributed by atoms with E-state index in [2.05, 4.69) is 36.2 Å². The third-order valence-corrected chi connectivity index (χ3v) is 5.05. The Kier molecular flexibility index (Phi) is 6.26. The number of thioether (sulfide) groups is 1. The molecule has 1 aromatic carbocycles. The number of carbonyl (C=O) groups is 1. The van der Waals surface area contributed by atoms with Gasteiger partial charge in [-0.25, -0.2) is 4.98 Å². The first-order valence-corrected chi connectivity index (χ1v) is 9.05. The lowest BCUT2D eigenvalue weighted by molar-refractivity contribution is -0.136. The molecule has 0 bridgehead atoms. The van der Waals surface area contributed by atoms with Crippen LogP contribution in [0.15, 0.2) is 29.6 Å². The molecule has 5 heteroatoms. The summed E-state index contributed by atoms with van der Waals surface area (Å²) < 4.78 is 0. The minimum absolute atomic E-state index is 0.0113. The molecule has 0 saturated carbocycles. The zero-order valence-corrected chi connectivity index (χ0v) is 13.7. The molecule has 0 fully saturated rings. The number of aromatic nitrogens is 1. The van der Waals surface area contributed by atoms with Crippen molar-refractivity contribution in [1.29, 1.82) is 0 Å². The summed E-state index contributed by atoms with van der Waals surface area (Å²) in [6.45, 7) is 2.21. The Morgan fingerprint density at radius 1 is 1.33 bits per heavy atom. The fourth-order valence-electron chi connectivity index (χ4n) is 1.86.